The Morgan fingerprint density at radius 3 is 2.55 bits per heavy atom. The lowest BCUT2D eigenvalue weighted by Crippen LogP contribution is -2.44. The lowest BCUT2D eigenvalue weighted by Gasteiger charge is -2.32. The second-order valence-corrected chi connectivity index (χ2v) is 10.1. The van der Waals surface area contributed by atoms with Crippen LogP contribution in [0, 0.1) is 0 Å². The lowest BCUT2D eigenvalue weighted by molar-refractivity contribution is 0.0910. The van der Waals surface area contributed by atoms with Crippen LogP contribution in [0.2, 0.25) is 0 Å². The summed E-state index contributed by atoms with van der Waals surface area (Å²) in [6, 6.07) is 30.2. The number of rotatable bonds is 8. The average Bonchev–Trinajstić information content (AvgIpc) is 3.40. The minimum Gasteiger partial charge on any atom is -0.355 e. The van der Waals surface area contributed by atoms with Gasteiger partial charge >= 0.3 is 0 Å². The van der Waals surface area contributed by atoms with Gasteiger partial charge in [-0.3, -0.25) is 19.8 Å². The van der Waals surface area contributed by atoms with Crippen LogP contribution in [-0.2, 0) is 6.54 Å². The van der Waals surface area contributed by atoms with E-state index in [-0.39, 0.29) is 11.9 Å². The fourth-order valence-corrected chi connectivity index (χ4v) is 5.17. The van der Waals surface area contributed by atoms with Crippen molar-refractivity contribution in [2.45, 2.75) is 25.4 Å². The lowest BCUT2D eigenvalue weighted by atomic mass is 10.0. The van der Waals surface area contributed by atoms with Gasteiger partial charge in [0.1, 0.15) is 0 Å². The molecule has 0 saturated carbocycles. The number of nitrogens with one attached hydrogen (secondary N) is 3. The number of likely N-dealkylation sites (tertiary alicyclic amines) is 1. The molecule has 7 nitrogen and oxygen atoms in total. The minimum absolute atomic E-state index is 0.0471. The molecular weight excluding hydrogens is 496 g/mol. The number of amides is 1. The fourth-order valence-electron chi connectivity index (χ4n) is 5.17. The molecule has 0 unspecified atom stereocenters. The molecule has 7 heteroatoms. The highest BCUT2D eigenvalue weighted by Gasteiger charge is 2.22. The van der Waals surface area contributed by atoms with Crippen LogP contribution < -0.4 is 10.6 Å². The summed E-state index contributed by atoms with van der Waals surface area (Å²) in [5.41, 5.74) is 6.26. The third-order valence-electron chi connectivity index (χ3n) is 7.31. The maximum atomic E-state index is 13.3. The van der Waals surface area contributed by atoms with E-state index in [4.69, 9.17) is 0 Å². The maximum Gasteiger partial charge on any atom is 0.253 e. The van der Waals surface area contributed by atoms with E-state index < -0.39 is 0 Å². The Balaban J connectivity index is 1.09. The number of aromatic amines is 1. The van der Waals surface area contributed by atoms with Crippen molar-refractivity contribution >= 4 is 40.3 Å². The van der Waals surface area contributed by atoms with E-state index in [9.17, 15) is 4.79 Å². The summed E-state index contributed by atoms with van der Waals surface area (Å²) >= 11 is 0. The van der Waals surface area contributed by atoms with Crippen LogP contribution in [-0.4, -0.2) is 45.1 Å². The Morgan fingerprint density at radius 1 is 0.925 bits per heavy atom. The molecule has 0 spiro atoms. The van der Waals surface area contributed by atoms with Crippen LogP contribution >= 0.6 is 0 Å². The Bertz CT molecular complexity index is 1600. The van der Waals surface area contributed by atoms with Gasteiger partial charge in [-0.05, 0) is 73.0 Å². The molecule has 1 aliphatic heterocycles. The van der Waals surface area contributed by atoms with E-state index >= 15 is 0 Å². The molecule has 6 rings (SSSR count). The van der Waals surface area contributed by atoms with Crippen LogP contribution in [0.3, 0.4) is 0 Å². The first-order valence-electron chi connectivity index (χ1n) is 13.7. The van der Waals surface area contributed by atoms with Gasteiger partial charge in [0.25, 0.3) is 5.91 Å². The molecule has 0 atom stereocenters. The summed E-state index contributed by atoms with van der Waals surface area (Å²) in [5.74, 6) is -0.0471. The number of carbonyl (C=O) groups excluding carboxylic acids is 1. The van der Waals surface area contributed by atoms with Gasteiger partial charge in [0.2, 0.25) is 0 Å². The molecule has 1 aliphatic rings. The molecule has 3 heterocycles. The first kappa shape index (κ1) is 25.5. The van der Waals surface area contributed by atoms with Crippen molar-refractivity contribution in [3.05, 3.63) is 120 Å². The van der Waals surface area contributed by atoms with Crippen LogP contribution in [0.5, 0.6) is 0 Å². The van der Waals surface area contributed by atoms with Crippen LogP contribution in [0.25, 0.3) is 23.1 Å². The van der Waals surface area contributed by atoms with Crippen LogP contribution in [0.4, 0.5) is 11.4 Å². The Hall–Kier alpha value is -4.75. The van der Waals surface area contributed by atoms with E-state index in [2.05, 4.69) is 55.0 Å². The van der Waals surface area contributed by atoms with E-state index in [1.54, 1.807) is 6.20 Å². The number of aromatic nitrogens is 3. The highest BCUT2D eigenvalue weighted by Crippen LogP contribution is 2.26. The van der Waals surface area contributed by atoms with Gasteiger partial charge in [-0.1, -0.05) is 48.5 Å². The Kier molecular flexibility index (Phi) is 7.64. The third-order valence-corrected chi connectivity index (χ3v) is 7.31. The molecule has 40 heavy (non-hydrogen) atoms. The second-order valence-electron chi connectivity index (χ2n) is 10.1. The number of carbonyl (C=O) groups is 1. The molecule has 1 amide bonds. The summed E-state index contributed by atoms with van der Waals surface area (Å²) in [7, 11) is 0. The molecule has 1 saturated heterocycles. The first-order valence-corrected chi connectivity index (χ1v) is 13.7. The molecule has 0 bridgehead atoms. The van der Waals surface area contributed by atoms with Gasteiger partial charge in [-0.15, -0.1) is 0 Å². The molecule has 200 valence electrons. The fraction of sp³-hybridized carbons (Fsp3) is 0.182. The standard InChI is InChI=1S/C33H32N6O/c40-33(36-26-17-20-39(21-18-26)23-24-8-2-1-3-9-24)29-11-4-5-12-30(29)35-27-13-15-28-31(37-38-32(28)22-27)16-14-25-10-6-7-19-34-25/h1-16,19,22,26,35H,17-18,20-21,23H2,(H,36,40)(H,37,38)/b16-14+. The average molecular weight is 529 g/mol. The van der Waals surface area contributed by atoms with Gasteiger partial charge < -0.3 is 10.6 Å². The molecule has 0 radical (unpaired) electrons. The number of hydrogen-bond acceptors (Lipinski definition) is 5. The maximum absolute atomic E-state index is 13.3. The van der Waals surface area contributed by atoms with Gasteiger partial charge in [0.05, 0.1) is 28.2 Å². The highest BCUT2D eigenvalue weighted by molar-refractivity contribution is 6.01. The van der Waals surface area contributed by atoms with Gasteiger partial charge in [0.15, 0.2) is 0 Å². The van der Waals surface area contributed by atoms with Crippen LogP contribution in [0.15, 0.2) is 97.2 Å². The SMILES string of the molecule is O=C(NC1CCN(Cc2ccccc2)CC1)c1ccccc1Nc1ccc2c(/C=C/c3ccccn3)n[nH]c2c1. The van der Waals surface area contributed by atoms with Crippen molar-refractivity contribution in [2.75, 3.05) is 18.4 Å². The van der Waals surface area contributed by atoms with Crippen molar-refractivity contribution in [1.82, 2.24) is 25.4 Å². The van der Waals surface area contributed by atoms with E-state index in [1.165, 1.54) is 5.56 Å². The molecule has 3 N–H and O–H groups in total. The predicted molar refractivity (Wildman–Crippen MR) is 161 cm³/mol. The Labute approximate surface area is 234 Å². The summed E-state index contributed by atoms with van der Waals surface area (Å²) in [5, 5.41) is 15.3. The smallest absolute Gasteiger partial charge is 0.253 e. The largest absolute Gasteiger partial charge is 0.355 e. The number of para-hydroxylation sites is 1. The minimum atomic E-state index is -0.0471. The number of fused-ring (bicyclic) bond motifs is 1. The van der Waals surface area contributed by atoms with Crippen molar-refractivity contribution < 1.29 is 4.79 Å². The molecule has 0 aliphatic carbocycles. The van der Waals surface area contributed by atoms with Gasteiger partial charge in [-0.2, -0.15) is 5.10 Å². The summed E-state index contributed by atoms with van der Waals surface area (Å²) in [4.78, 5) is 20.1. The van der Waals surface area contributed by atoms with Gasteiger partial charge in [0, 0.05) is 42.9 Å². The number of anilines is 2. The van der Waals surface area contributed by atoms with Crippen molar-refractivity contribution in [3.8, 4) is 0 Å². The first-order chi connectivity index (χ1) is 19.7. The number of H-pyrrole nitrogens is 1. The zero-order valence-corrected chi connectivity index (χ0v) is 22.3. The third kappa shape index (κ3) is 6.11. The topological polar surface area (TPSA) is 85.9 Å². The quantitative estimate of drug-likeness (QED) is 0.221. The number of benzene rings is 3. The van der Waals surface area contributed by atoms with Crippen molar-refractivity contribution in [1.29, 1.82) is 0 Å². The monoisotopic (exact) mass is 528 g/mol. The molecular formula is C33H32N6O. The summed E-state index contributed by atoms with van der Waals surface area (Å²) < 4.78 is 0. The highest BCUT2D eigenvalue weighted by atomic mass is 16.1. The molecule has 5 aromatic rings. The summed E-state index contributed by atoms with van der Waals surface area (Å²) in [6.45, 7) is 2.91. The van der Waals surface area contributed by atoms with E-state index in [0.717, 1.165) is 66.1 Å². The molecule has 2 aromatic heterocycles. The predicted octanol–water partition coefficient (Wildman–Crippen LogP) is 6.27. The van der Waals surface area contributed by atoms with Crippen LogP contribution in [0.1, 0.15) is 40.2 Å². The van der Waals surface area contributed by atoms with E-state index in [1.807, 2.05) is 78.9 Å². The summed E-state index contributed by atoms with van der Waals surface area (Å²) in [6.07, 6.45) is 7.57. The Morgan fingerprint density at radius 2 is 1.73 bits per heavy atom. The van der Waals surface area contributed by atoms with Crippen molar-refractivity contribution in [3.63, 3.8) is 0 Å². The van der Waals surface area contributed by atoms with Gasteiger partial charge in [-0.25, -0.2) is 0 Å². The zero-order valence-electron chi connectivity index (χ0n) is 22.3. The van der Waals surface area contributed by atoms with Crippen molar-refractivity contribution in [2.24, 2.45) is 0 Å². The molecule has 1 fully saturated rings. The number of nitrogens with zero attached hydrogens (tertiary/aromatic N) is 3. The molecule has 3 aromatic carbocycles. The number of hydrogen-bond donors (Lipinski definition) is 3. The second kappa shape index (κ2) is 12.0. The van der Waals surface area contributed by atoms with E-state index in [0.29, 0.717) is 5.56 Å². The normalized spacial score (nSPS) is 14.5. The zero-order chi connectivity index (χ0) is 27.1. The number of pyridine rings is 1. The number of piperidine rings is 1.